The van der Waals surface area contributed by atoms with Gasteiger partial charge in [0.05, 0.1) is 0 Å². The Balaban J connectivity index is 2.38. The first-order valence-corrected chi connectivity index (χ1v) is 12.5. The average Bonchev–Trinajstić information content (AvgIpc) is 2.79. The molecule has 0 atom stereocenters. The highest BCUT2D eigenvalue weighted by Gasteiger charge is 2.22. The molecule has 0 aromatic heterocycles. The molecule has 198 valence electrons. The van der Waals surface area contributed by atoms with E-state index < -0.39 is 5.60 Å². The highest BCUT2D eigenvalue weighted by molar-refractivity contribution is 5.75. The lowest BCUT2D eigenvalue weighted by Crippen LogP contribution is -2.37. The number of hydrogen-bond donors (Lipinski definition) is 3. The molecule has 0 aliphatic carbocycles. The Morgan fingerprint density at radius 1 is 0.886 bits per heavy atom. The number of ether oxygens (including phenoxy) is 1. The van der Waals surface area contributed by atoms with Crippen molar-refractivity contribution >= 4 is 23.6 Å². The summed E-state index contributed by atoms with van der Waals surface area (Å²) < 4.78 is 5.60. The van der Waals surface area contributed by atoms with Gasteiger partial charge in [-0.05, 0) is 64.2 Å². The van der Waals surface area contributed by atoms with Crippen LogP contribution in [0.4, 0.5) is 10.5 Å². The van der Waals surface area contributed by atoms with E-state index in [-0.39, 0.29) is 17.9 Å². The number of benzene rings is 1. The van der Waals surface area contributed by atoms with E-state index in [0.717, 1.165) is 43.4 Å². The van der Waals surface area contributed by atoms with Gasteiger partial charge in [0.2, 0.25) is 11.8 Å². The summed E-state index contributed by atoms with van der Waals surface area (Å²) in [6, 6.07) is 8.11. The van der Waals surface area contributed by atoms with Gasteiger partial charge in [0.15, 0.2) is 0 Å². The maximum Gasteiger partial charge on any atom is 0.410 e. The number of nitrogens with zero attached hydrogens (tertiary/aromatic N) is 2. The van der Waals surface area contributed by atoms with Crippen LogP contribution in [0.1, 0.15) is 77.7 Å². The number of anilines is 1. The van der Waals surface area contributed by atoms with Crippen molar-refractivity contribution < 1.29 is 24.3 Å². The quantitative estimate of drug-likeness (QED) is 0.192. The summed E-state index contributed by atoms with van der Waals surface area (Å²) in [6.07, 6.45) is 5.11. The van der Waals surface area contributed by atoms with E-state index in [1.165, 1.54) is 0 Å². The first-order valence-electron chi connectivity index (χ1n) is 12.5. The first-order chi connectivity index (χ1) is 16.5. The Hall–Kier alpha value is -2.81. The van der Waals surface area contributed by atoms with Crippen LogP contribution >= 0.6 is 0 Å². The molecule has 1 aromatic carbocycles. The maximum atomic E-state index is 12.7. The molecule has 1 aromatic rings. The van der Waals surface area contributed by atoms with Crippen molar-refractivity contribution in [3.05, 3.63) is 29.8 Å². The monoisotopic (exact) mass is 492 g/mol. The van der Waals surface area contributed by atoms with E-state index in [0.29, 0.717) is 38.9 Å². The number of hydrogen-bond acceptors (Lipinski definition) is 6. The summed E-state index contributed by atoms with van der Waals surface area (Å²) in [5.41, 5.74) is 3.18. The highest BCUT2D eigenvalue weighted by Crippen LogP contribution is 2.17. The molecule has 35 heavy (non-hydrogen) atoms. The molecule has 3 N–H and O–H groups in total. The molecule has 0 bridgehead atoms. The van der Waals surface area contributed by atoms with E-state index in [1.807, 2.05) is 64.0 Å². The van der Waals surface area contributed by atoms with Crippen LogP contribution in [0.25, 0.3) is 0 Å². The fraction of sp³-hybridized carbons (Fsp3) is 0.654. The number of rotatable bonds is 15. The van der Waals surface area contributed by atoms with Crippen molar-refractivity contribution in [2.45, 2.75) is 84.3 Å². The Morgan fingerprint density at radius 3 is 2.03 bits per heavy atom. The minimum atomic E-state index is -0.566. The number of nitrogens with one attached hydrogen (secondary N) is 2. The van der Waals surface area contributed by atoms with Crippen molar-refractivity contribution in [1.82, 2.24) is 15.7 Å². The van der Waals surface area contributed by atoms with Crippen molar-refractivity contribution in [2.24, 2.45) is 0 Å². The molecule has 0 fully saturated rings. The molecular weight excluding hydrogens is 448 g/mol. The number of hydroxylamine groups is 1. The van der Waals surface area contributed by atoms with Crippen molar-refractivity contribution in [3.63, 3.8) is 0 Å². The maximum absolute atomic E-state index is 12.7. The zero-order valence-electron chi connectivity index (χ0n) is 22.1. The van der Waals surface area contributed by atoms with E-state index in [4.69, 9.17) is 9.94 Å². The molecule has 0 unspecified atom stereocenters. The molecular formula is C26H44N4O5. The number of carbonyl (C=O) groups excluding carboxylic acids is 3. The molecule has 0 heterocycles. The molecule has 0 saturated heterocycles. The molecule has 9 heteroatoms. The van der Waals surface area contributed by atoms with Gasteiger partial charge in [-0.3, -0.25) is 14.8 Å². The van der Waals surface area contributed by atoms with E-state index in [2.05, 4.69) is 5.32 Å². The van der Waals surface area contributed by atoms with Crippen LogP contribution in [-0.4, -0.2) is 60.8 Å². The predicted molar refractivity (Wildman–Crippen MR) is 137 cm³/mol. The molecule has 0 spiro atoms. The van der Waals surface area contributed by atoms with Gasteiger partial charge in [-0.25, -0.2) is 10.3 Å². The largest absolute Gasteiger partial charge is 0.444 e. The second-order valence-corrected chi connectivity index (χ2v) is 9.97. The Bertz CT molecular complexity index is 775. The smallest absolute Gasteiger partial charge is 0.410 e. The second-order valence-electron chi connectivity index (χ2n) is 9.97. The molecule has 0 radical (unpaired) electrons. The van der Waals surface area contributed by atoms with Crippen LogP contribution in [0.2, 0.25) is 0 Å². The van der Waals surface area contributed by atoms with E-state index >= 15 is 0 Å². The summed E-state index contributed by atoms with van der Waals surface area (Å²) in [4.78, 5) is 39.4. The van der Waals surface area contributed by atoms with Gasteiger partial charge in [0, 0.05) is 52.3 Å². The third-order valence-corrected chi connectivity index (χ3v) is 5.34. The Kier molecular flexibility index (Phi) is 13.8. The number of amides is 3. The van der Waals surface area contributed by atoms with Gasteiger partial charge in [0.1, 0.15) is 5.60 Å². The minimum Gasteiger partial charge on any atom is -0.444 e. The van der Waals surface area contributed by atoms with Crippen molar-refractivity contribution in [2.75, 3.05) is 32.1 Å². The third kappa shape index (κ3) is 14.2. The molecule has 0 aliphatic rings. The zero-order valence-corrected chi connectivity index (χ0v) is 22.1. The normalized spacial score (nSPS) is 11.0. The Morgan fingerprint density at radius 2 is 1.49 bits per heavy atom. The lowest BCUT2D eigenvalue weighted by atomic mass is 10.1. The molecule has 0 saturated carbocycles. The van der Waals surface area contributed by atoms with Crippen LogP contribution in [0.5, 0.6) is 0 Å². The molecule has 9 nitrogen and oxygen atoms in total. The lowest BCUT2D eigenvalue weighted by Gasteiger charge is -2.27. The second kappa shape index (κ2) is 16.0. The van der Waals surface area contributed by atoms with Crippen LogP contribution in [0, 0.1) is 0 Å². The van der Waals surface area contributed by atoms with Crippen molar-refractivity contribution in [1.29, 1.82) is 0 Å². The van der Waals surface area contributed by atoms with E-state index in [9.17, 15) is 14.4 Å². The number of unbranched alkanes of at least 4 members (excludes halogenated alkanes) is 4. The molecule has 1 rings (SSSR count). The molecule has 3 amide bonds. The first kappa shape index (κ1) is 30.2. The summed E-state index contributed by atoms with van der Waals surface area (Å²) in [5, 5.41) is 11.4. The topological polar surface area (TPSA) is 111 Å². The van der Waals surface area contributed by atoms with Gasteiger partial charge in [-0.15, -0.1) is 0 Å². The van der Waals surface area contributed by atoms with Gasteiger partial charge in [-0.1, -0.05) is 25.0 Å². The highest BCUT2D eigenvalue weighted by atomic mass is 16.6. The van der Waals surface area contributed by atoms with E-state index in [1.54, 1.807) is 10.4 Å². The van der Waals surface area contributed by atoms with Crippen LogP contribution < -0.4 is 15.7 Å². The predicted octanol–water partition coefficient (Wildman–Crippen LogP) is 4.23. The summed E-state index contributed by atoms with van der Waals surface area (Å²) in [7, 11) is 3.98. The van der Waals surface area contributed by atoms with Crippen LogP contribution in [-0.2, 0) is 20.9 Å². The summed E-state index contributed by atoms with van der Waals surface area (Å²) >= 11 is 0. The fourth-order valence-electron chi connectivity index (χ4n) is 3.41. The van der Waals surface area contributed by atoms with Gasteiger partial charge < -0.3 is 19.9 Å². The number of carbonyl (C=O) groups is 3. The van der Waals surface area contributed by atoms with Gasteiger partial charge >= 0.3 is 6.09 Å². The van der Waals surface area contributed by atoms with Crippen LogP contribution in [0.15, 0.2) is 24.3 Å². The van der Waals surface area contributed by atoms with Crippen molar-refractivity contribution in [3.8, 4) is 0 Å². The van der Waals surface area contributed by atoms with Gasteiger partial charge in [0.25, 0.3) is 0 Å². The minimum absolute atomic E-state index is 0.0167. The lowest BCUT2D eigenvalue weighted by molar-refractivity contribution is -0.129. The fourth-order valence-corrected chi connectivity index (χ4v) is 3.41. The molecule has 0 aliphatic heterocycles. The SMILES string of the molecule is CN(C)c1ccc(CN(CCCCNC(=O)CCCCCCC(=O)NO)C(=O)OC(C)(C)C)cc1. The Labute approximate surface area is 210 Å². The third-order valence-electron chi connectivity index (χ3n) is 5.34. The van der Waals surface area contributed by atoms with Crippen LogP contribution in [0.3, 0.4) is 0 Å². The zero-order chi connectivity index (χ0) is 26.3. The standard InChI is InChI=1S/C26H44N4O5/c1-26(2,3)35-25(33)30(20-21-14-16-22(17-15-21)29(4)5)19-11-10-18-27-23(31)12-8-6-7-9-13-24(32)28-34/h14-17,34H,6-13,18-20H2,1-5H3,(H,27,31)(H,28,32). The average molecular weight is 493 g/mol. The van der Waals surface area contributed by atoms with Gasteiger partial charge in [-0.2, -0.15) is 0 Å². The summed E-state index contributed by atoms with van der Waals surface area (Å²) in [6.45, 7) is 7.15. The summed E-state index contributed by atoms with van der Waals surface area (Å²) in [5.74, 6) is -0.363.